The maximum absolute atomic E-state index is 9.52. The Hall–Kier alpha value is -1.49. The van der Waals surface area contributed by atoms with Crippen LogP contribution in [0.2, 0.25) is 0 Å². The van der Waals surface area contributed by atoms with Gasteiger partial charge in [-0.05, 0) is 25.0 Å². The van der Waals surface area contributed by atoms with Gasteiger partial charge in [-0.15, -0.1) is 0 Å². The summed E-state index contributed by atoms with van der Waals surface area (Å²) in [5.41, 5.74) is 1.97. The van der Waals surface area contributed by atoms with Gasteiger partial charge in [0.05, 0.1) is 11.3 Å². The molecule has 0 N–H and O–H groups in total. The minimum absolute atomic E-state index is 0.826. The van der Waals surface area contributed by atoms with Crippen LogP contribution in [0.3, 0.4) is 0 Å². The first-order valence-electron chi connectivity index (χ1n) is 12.6. The number of nitrogens with zero attached hydrogens (tertiary/aromatic N) is 2. The number of unbranched alkanes of at least 4 members (excludes halogenated alkanes) is 14. The Balaban J connectivity index is 2.36. The molecule has 1 rings (SSSR count). The van der Waals surface area contributed by atoms with Crippen LogP contribution in [0.25, 0.3) is 0 Å². The van der Waals surface area contributed by atoms with Gasteiger partial charge in [-0.3, -0.25) is 0 Å². The normalized spacial score (nSPS) is 10.8. The molecule has 1 aromatic carbocycles. The summed E-state index contributed by atoms with van der Waals surface area (Å²) in [6.45, 7) is 6.73. The van der Waals surface area contributed by atoms with E-state index in [0.29, 0.717) is 0 Å². The molecule has 0 aliphatic carbocycles. The average molecular weight is 399 g/mol. The highest BCUT2D eigenvalue weighted by atomic mass is 15.1. The van der Waals surface area contributed by atoms with Crippen LogP contribution in [0.5, 0.6) is 0 Å². The fourth-order valence-corrected chi connectivity index (χ4v) is 4.07. The second-order valence-electron chi connectivity index (χ2n) is 8.57. The van der Waals surface area contributed by atoms with Crippen LogP contribution in [-0.4, -0.2) is 13.1 Å². The number of para-hydroxylation sites is 1. The van der Waals surface area contributed by atoms with Crippen LogP contribution in [0.4, 0.5) is 5.69 Å². The minimum Gasteiger partial charge on any atom is -0.370 e. The van der Waals surface area contributed by atoms with E-state index >= 15 is 0 Å². The first-order valence-corrected chi connectivity index (χ1v) is 12.6. The Morgan fingerprint density at radius 3 is 1.48 bits per heavy atom. The van der Waals surface area contributed by atoms with E-state index in [4.69, 9.17) is 0 Å². The summed E-state index contributed by atoms with van der Waals surface area (Å²) >= 11 is 0. The number of rotatable bonds is 19. The van der Waals surface area contributed by atoms with Gasteiger partial charge in [0.2, 0.25) is 0 Å². The van der Waals surface area contributed by atoms with Crippen molar-refractivity contribution < 1.29 is 0 Å². The van der Waals surface area contributed by atoms with Crippen molar-refractivity contribution >= 4 is 5.69 Å². The van der Waals surface area contributed by atoms with E-state index in [2.05, 4.69) is 36.9 Å². The SMILES string of the molecule is CCCCCCCCCCN(CCCCCCCCCC)c1ccccc1C#N. The Bertz CT molecular complexity index is 512. The highest BCUT2D eigenvalue weighted by molar-refractivity contribution is 5.59. The lowest BCUT2D eigenvalue weighted by atomic mass is 10.1. The van der Waals surface area contributed by atoms with Gasteiger partial charge >= 0.3 is 0 Å². The summed E-state index contributed by atoms with van der Waals surface area (Å²) < 4.78 is 0. The van der Waals surface area contributed by atoms with E-state index in [1.165, 1.54) is 103 Å². The quantitative estimate of drug-likeness (QED) is 0.218. The summed E-state index contributed by atoms with van der Waals surface area (Å²) in [5, 5.41) is 9.52. The molecule has 1 aromatic rings. The van der Waals surface area contributed by atoms with Crippen LogP contribution in [0.15, 0.2) is 24.3 Å². The summed E-state index contributed by atoms with van der Waals surface area (Å²) in [5.74, 6) is 0. The van der Waals surface area contributed by atoms with Crippen molar-refractivity contribution in [2.24, 2.45) is 0 Å². The molecule has 0 radical (unpaired) electrons. The third-order valence-electron chi connectivity index (χ3n) is 5.93. The Morgan fingerprint density at radius 1 is 0.621 bits per heavy atom. The summed E-state index contributed by atoms with van der Waals surface area (Å²) in [7, 11) is 0. The molecule has 0 heterocycles. The van der Waals surface area contributed by atoms with Crippen molar-refractivity contribution in [2.45, 2.75) is 117 Å². The van der Waals surface area contributed by atoms with Gasteiger partial charge in [0, 0.05) is 13.1 Å². The Morgan fingerprint density at radius 2 is 1.03 bits per heavy atom. The number of nitriles is 1. The van der Waals surface area contributed by atoms with Crippen LogP contribution in [0, 0.1) is 11.3 Å². The van der Waals surface area contributed by atoms with E-state index in [0.717, 1.165) is 24.3 Å². The van der Waals surface area contributed by atoms with E-state index in [1.54, 1.807) is 0 Å². The van der Waals surface area contributed by atoms with Gasteiger partial charge in [-0.25, -0.2) is 0 Å². The van der Waals surface area contributed by atoms with E-state index < -0.39 is 0 Å². The zero-order valence-electron chi connectivity index (χ0n) is 19.4. The van der Waals surface area contributed by atoms with Crippen molar-refractivity contribution in [3.05, 3.63) is 29.8 Å². The smallest absolute Gasteiger partial charge is 0.101 e. The number of hydrogen-bond acceptors (Lipinski definition) is 2. The van der Waals surface area contributed by atoms with Gasteiger partial charge < -0.3 is 4.90 Å². The van der Waals surface area contributed by atoms with Crippen molar-refractivity contribution in [2.75, 3.05) is 18.0 Å². The first-order chi connectivity index (χ1) is 14.3. The molecule has 0 saturated heterocycles. The van der Waals surface area contributed by atoms with Gasteiger partial charge in [0.1, 0.15) is 6.07 Å². The van der Waals surface area contributed by atoms with E-state index in [-0.39, 0.29) is 0 Å². The molecule has 0 saturated carbocycles. The van der Waals surface area contributed by atoms with Crippen molar-refractivity contribution in [1.29, 1.82) is 5.26 Å². The molecule has 0 aromatic heterocycles. The zero-order valence-corrected chi connectivity index (χ0v) is 19.4. The van der Waals surface area contributed by atoms with Crippen LogP contribution in [-0.2, 0) is 0 Å². The van der Waals surface area contributed by atoms with Gasteiger partial charge in [0.25, 0.3) is 0 Å². The Kier molecular flexibility index (Phi) is 16.3. The molecule has 29 heavy (non-hydrogen) atoms. The van der Waals surface area contributed by atoms with Crippen LogP contribution in [0.1, 0.15) is 122 Å². The number of hydrogen-bond donors (Lipinski definition) is 0. The zero-order chi connectivity index (χ0) is 21.0. The Labute approximate surface area is 181 Å². The molecular formula is C27H46N2. The molecule has 2 heteroatoms. The van der Waals surface area contributed by atoms with E-state index in [9.17, 15) is 5.26 Å². The lowest BCUT2D eigenvalue weighted by Crippen LogP contribution is -2.26. The standard InChI is InChI=1S/C27H46N2/c1-3-5-7-9-11-13-15-19-23-29(27-22-18-17-21-26(27)25-28)24-20-16-14-12-10-8-6-4-2/h17-18,21-22H,3-16,19-20,23-24H2,1-2H3. The maximum atomic E-state index is 9.52. The molecule has 0 amide bonds. The lowest BCUT2D eigenvalue weighted by Gasteiger charge is -2.26. The molecule has 0 unspecified atom stereocenters. The molecule has 2 nitrogen and oxygen atoms in total. The predicted octanol–water partition coefficient (Wildman–Crippen LogP) is 8.65. The predicted molar refractivity (Wildman–Crippen MR) is 129 cm³/mol. The number of anilines is 1. The summed E-state index contributed by atoms with van der Waals surface area (Å²) in [6.07, 6.45) is 21.6. The van der Waals surface area contributed by atoms with Crippen LogP contribution >= 0.6 is 0 Å². The maximum Gasteiger partial charge on any atom is 0.101 e. The van der Waals surface area contributed by atoms with Gasteiger partial charge in [-0.2, -0.15) is 5.26 Å². The molecule has 0 spiro atoms. The second kappa shape index (κ2) is 18.5. The molecule has 0 aliphatic rings. The monoisotopic (exact) mass is 398 g/mol. The topological polar surface area (TPSA) is 27.0 Å². The molecular weight excluding hydrogens is 352 g/mol. The fourth-order valence-electron chi connectivity index (χ4n) is 4.07. The molecule has 164 valence electrons. The fraction of sp³-hybridized carbons (Fsp3) is 0.741. The minimum atomic E-state index is 0.826. The molecule has 0 bridgehead atoms. The van der Waals surface area contributed by atoms with Gasteiger partial charge in [0.15, 0.2) is 0 Å². The first kappa shape index (κ1) is 25.5. The lowest BCUT2D eigenvalue weighted by molar-refractivity contribution is 0.555. The molecule has 0 atom stereocenters. The molecule has 0 fully saturated rings. The highest BCUT2D eigenvalue weighted by Gasteiger charge is 2.10. The summed E-state index contributed by atoms with van der Waals surface area (Å²) in [6, 6.07) is 10.5. The van der Waals surface area contributed by atoms with Crippen molar-refractivity contribution in [3.8, 4) is 6.07 Å². The third-order valence-corrected chi connectivity index (χ3v) is 5.93. The highest BCUT2D eigenvalue weighted by Crippen LogP contribution is 2.22. The van der Waals surface area contributed by atoms with Crippen molar-refractivity contribution in [3.63, 3.8) is 0 Å². The average Bonchev–Trinajstić information content (AvgIpc) is 2.76. The second-order valence-corrected chi connectivity index (χ2v) is 8.57. The number of benzene rings is 1. The third kappa shape index (κ3) is 12.6. The summed E-state index contributed by atoms with van der Waals surface area (Å²) in [4.78, 5) is 2.48. The van der Waals surface area contributed by atoms with Crippen molar-refractivity contribution in [1.82, 2.24) is 0 Å². The van der Waals surface area contributed by atoms with Crippen LogP contribution < -0.4 is 4.90 Å². The van der Waals surface area contributed by atoms with Gasteiger partial charge in [-0.1, -0.05) is 116 Å². The largest absolute Gasteiger partial charge is 0.370 e. The molecule has 0 aliphatic heterocycles. The van der Waals surface area contributed by atoms with E-state index in [1.807, 2.05) is 12.1 Å².